The van der Waals surface area contributed by atoms with Crippen molar-refractivity contribution in [3.8, 4) is 11.6 Å². The first-order chi connectivity index (χ1) is 14.6. The summed E-state index contributed by atoms with van der Waals surface area (Å²) in [5, 5.41) is 4.58. The first kappa shape index (κ1) is 20.9. The number of thioether (sulfide) groups is 1. The van der Waals surface area contributed by atoms with E-state index in [1.54, 1.807) is 35.6 Å². The number of para-hydroxylation sites is 3. The van der Waals surface area contributed by atoms with E-state index in [2.05, 4.69) is 15.3 Å². The van der Waals surface area contributed by atoms with Crippen molar-refractivity contribution in [2.75, 3.05) is 11.1 Å². The number of benzene rings is 2. The van der Waals surface area contributed by atoms with Crippen LogP contribution in [0.25, 0.3) is 10.2 Å². The van der Waals surface area contributed by atoms with Crippen LogP contribution < -0.4 is 10.1 Å². The topological polar surface area (TPSA) is 64.1 Å². The van der Waals surface area contributed by atoms with Crippen molar-refractivity contribution in [3.63, 3.8) is 0 Å². The standard InChI is InChI=1S/C21H15Cl2N3O2S2/c22-13-9-14(23)21(24-10-13)28-17-7-3-1-5-15(17)25-19(27)11-29-12-20-26-16-6-2-4-8-18(16)30-20/h1-10H,11-12H2,(H,25,27). The van der Waals surface area contributed by atoms with E-state index in [0.717, 1.165) is 15.2 Å². The van der Waals surface area contributed by atoms with Crippen LogP contribution >= 0.6 is 46.3 Å². The fraction of sp³-hybridized carbons (Fsp3) is 0.0952. The number of pyridine rings is 1. The van der Waals surface area contributed by atoms with Crippen LogP contribution in [0.1, 0.15) is 5.01 Å². The number of carbonyl (C=O) groups excluding carboxylic acids is 1. The summed E-state index contributed by atoms with van der Waals surface area (Å²) < 4.78 is 6.92. The number of halogens is 2. The van der Waals surface area contributed by atoms with Gasteiger partial charge < -0.3 is 10.1 Å². The Morgan fingerprint density at radius 1 is 1.13 bits per heavy atom. The first-order valence-electron chi connectivity index (χ1n) is 8.88. The number of hydrogen-bond donors (Lipinski definition) is 1. The zero-order valence-electron chi connectivity index (χ0n) is 15.5. The molecule has 0 atom stereocenters. The van der Waals surface area contributed by atoms with Gasteiger partial charge in [0.25, 0.3) is 0 Å². The van der Waals surface area contributed by atoms with Crippen LogP contribution in [0.15, 0.2) is 60.8 Å². The largest absolute Gasteiger partial charge is 0.435 e. The summed E-state index contributed by atoms with van der Waals surface area (Å²) in [5.41, 5.74) is 1.53. The number of aromatic nitrogens is 2. The van der Waals surface area contributed by atoms with Gasteiger partial charge in [0, 0.05) is 11.9 Å². The molecule has 0 saturated carbocycles. The van der Waals surface area contributed by atoms with Gasteiger partial charge in [-0.3, -0.25) is 4.79 Å². The molecular weight excluding hydrogens is 461 g/mol. The lowest BCUT2D eigenvalue weighted by molar-refractivity contribution is -0.113. The molecule has 9 heteroatoms. The van der Waals surface area contributed by atoms with Gasteiger partial charge in [0.05, 0.1) is 26.7 Å². The van der Waals surface area contributed by atoms with Crippen molar-refractivity contribution >= 4 is 68.1 Å². The maximum atomic E-state index is 12.4. The molecule has 0 saturated heterocycles. The summed E-state index contributed by atoms with van der Waals surface area (Å²) in [6, 6.07) is 16.7. The van der Waals surface area contributed by atoms with E-state index >= 15 is 0 Å². The summed E-state index contributed by atoms with van der Waals surface area (Å²) in [4.78, 5) is 21.1. The summed E-state index contributed by atoms with van der Waals surface area (Å²) in [7, 11) is 0. The fourth-order valence-corrected chi connectivity index (χ4v) is 4.91. The van der Waals surface area contributed by atoms with Gasteiger partial charge in [-0.2, -0.15) is 0 Å². The van der Waals surface area contributed by atoms with Crippen LogP contribution in [-0.4, -0.2) is 21.6 Å². The van der Waals surface area contributed by atoms with Gasteiger partial charge in [0.1, 0.15) is 10.0 Å². The third-order valence-corrected chi connectivity index (χ3v) is 6.58. The molecule has 1 amide bonds. The minimum absolute atomic E-state index is 0.132. The normalized spacial score (nSPS) is 10.9. The molecule has 0 aliphatic carbocycles. The van der Waals surface area contributed by atoms with E-state index in [9.17, 15) is 4.79 Å². The Morgan fingerprint density at radius 3 is 2.77 bits per heavy atom. The number of carbonyl (C=O) groups is 1. The zero-order chi connectivity index (χ0) is 20.9. The van der Waals surface area contributed by atoms with Crippen LogP contribution in [0.2, 0.25) is 10.0 Å². The molecule has 2 aromatic heterocycles. The van der Waals surface area contributed by atoms with E-state index in [1.807, 2.05) is 30.3 Å². The average molecular weight is 476 g/mol. The smallest absolute Gasteiger partial charge is 0.238 e. The minimum atomic E-state index is -0.132. The first-order valence-corrected chi connectivity index (χ1v) is 11.6. The van der Waals surface area contributed by atoms with Gasteiger partial charge in [0.2, 0.25) is 11.8 Å². The highest BCUT2D eigenvalue weighted by Crippen LogP contribution is 2.33. The quantitative estimate of drug-likeness (QED) is 0.323. The molecule has 0 bridgehead atoms. The monoisotopic (exact) mass is 475 g/mol. The Hall–Kier alpha value is -2.32. The second kappa shape index (κ2) is 9.66. The van der Waals surface area contributed by atoms with Crippen LogP contribution in [0, 0.1) is 0 Å². The SMILES string of the molecule is O=C(CSCc1nc2ccccc2s1)Nc1ccccc1Oc1ncc(Cl)cc1Cl. The predicted molar refractivity (Wildman–Crippen MR) is 125 cm³/mol. The van der Waals surface area contributed by atoms with Crippen LogP contribution in [0.4, 0.5) is 5.69 Å². The number of amides is 1. The van der Waals surface area contributed by atoms with Gasteiger partial charge in [-0.15, -0.1) is 23.1 Å². The van der Waals surface area contributed by atoms with Crippen molar-refractivity contribution in [3.05, 3.63) is 75.8 Å². The number of nitrogens with one attached hydrogen (secondary N) is 1. The molecule has 0 unspecified atom stereocenters. The van der Waals surface area contributed by atoms with Crippen molar-refractivity contribution in [1.82, 2.24) is 9.97 Å². The Bertz CT molecular complexity index is 1170. The van der Waals surface area contributed by atoms with Gasteiger partial charge in [-0.1, -0.05) is 47.5 Å². The van der Waals surface area contributed by atoms with E-state index in [1.165, 1.54) is 18.0 Å². The maximum absolute atomic E-state index is 12.4. The number of anilines is 1. The summed E-state index contributed by atoms with van der Waals surface area (Å²) in [5.74, 6) is 1.50. The van der Waals surface area contributed by atoms with Gasteiger partial charge in [0.15, 0.2) is 5.75 Å². The molecule has 2 heterocycles. The summed E-state index contributed by atoms with van der Waals surface area (Å²) in [6.07, 6.45) is 1.45. The fourth-order valence-electron chi connectivity index (χ4n) is 2.64. The van der Waals surface area contributed by atoms with Crippen molar-refractivity contribution in [1.29, 1.82) is 0 Å². The lowest BCUT2D eigenvalue weighted by Gasteiger charge is -2.12. The number of nitrogens with zero attached hydrogens (tertiary/aromatic N) is 2. The Balaban J connectivity index is 1.36. The van der Waals surface area contributed by atoms with E-state index in [0.29, 0.717) is 28.0 Å². The lowest BCUT2D eigenvalue weighted by atomic mass is 10.3. The lowest BCUT2D eigenvalue weighted by Crippen LogP contribution is -2.14. The average Bonchev–Trinajstić information content (AvgIpc) is 3.14. The molecule has 1 N–H and O–H groups in total. The molecule has 0 aliphatic heterocycles. The molecule has 30 heavy (non-hydrogen) atoms. The molecule has 0 spiro atoms. The highest BCUT2D eigenvalue weighted by molar-refractivity contribution is 7.99. The molecule has 2 aromatic carbocycles. The predicted octanol–water partition coefficient (Wildman–Crippen LogP) is 6.66. The van der Waals surface area contributed by atoms with Gasteiger partial charge in [-0.25, -0.2) is 9.97 Å². The number of fused-ring (bicyclic) bond motifs is 1. The number of ether oxygens (including phenoxy) is 1. The molecule has 0 fully saturated rings. The summed E-state index contributed by atoms with van der Waals surface area (Å²) in [6.45, 7) is 0. The molecule has 0 aliphatic rings. The molecule has 4 aromatic rings. The Morgan fingerprint density at radius 2 is 1.93 bits per heavy atom. The Kier molecular flexibility index (Phi) is 6.74. The van der Waals surface area contributed by atoms with Gasteiger partial charge in [-0.05, 0) is 30.3 Å². The molecule has 152 valence electrons. The molecular formula is C21H15Cl2N3O2S2. The molecule has 4 rings (SSSR count). The molecule has 0 radical (unpaired) electrons. The van der Waals surface area contributed by atoms with Crippen molar-refractivity contribution < 1.29 is 9.53 Å². The van der Waals surface area contributed by atoms with E-state index in [-0.39, 0.29) is 16.8 Å². The highest BCUT2D eigenvalue weighted by Gasteiger charge is 2.12. The maximum Gasteiger partial charge on any atom is 0.238 e. The second-order valence-corrected chi connectivity index (χ2v) is 9.10. The third-order valence-electron chi connectivity index (χ3n) is 3.94. The summed E-state index contributed by atoms with van der Waals surface area (Å²) >= 11 is 15.2. The zero-order valence-corrected chi connectivity index (χ0v) is 18.6. The molecule has 5 nitrogen and oxygen atoms in total. The Labute approximate surface area is 191 Å². The number of hydrogen-bond acceptors (Lipinski definition) is 6. The van der Waals surface area contributed by atoms with Crippen molar-refractivity contribution in [2.45, 2.75) is 5.75 Å². The van der Waals surface area contributed by atoms with E-state index in [4.69, 9.17) is 27.9 Å². The number of rotatable bonds is 7. The van der Waals surface area contributed by atoms with Crippen molar-refractivity contribution in [2.24, 2.45) is 0 Å². The highest BCUT2D eigenvalue weighted by atomic mass is 35.5. The number of thiazole rings is 1. The second-order valence-electron chi connectivity index (χ2n) is 6.16. The minimum Gasteiger partial charge on any atom is -0.435 e. The van der Waals surface area contributed by atoms with Crippen LogP contribution in [0.3, 0.4) is 0 Å². The van der Waals surface area contributed by atoms with E-state index < -0.39 is 0 Å². The third kappa shape index (κ3) is 5.23. The van der Waals surface area contributed by atoms with Crippen LogP contribution in [0.5, 0.6) is 11.6 Å². The van der Waals surface area contributed by atoms with Gasteiger partial charge >= 0.3 is 0 Å². The van der Waals surface area contributed by atoms with Crippen LogP contribution in [-0.2, 0) is 10.5 Å².